The van der Waals surface area contributed by atoms with Crippen molar-refractivity contribution in [3.8, 4) is 11.5 Å². The van der Waals surface area contributed by atoms with Crippen LogP contribution in [0.5, 0.6) is 0 Å². The SMILES string of the molecule is NC1(c2noc(-c3c(F)cccc3Br)n2)CCCCCC1. The van der Waals surface area contributed by atoms with E-state index >= 15 is 0 Å². The summed E-state index contributed by atoms with van der Waals surface area (Å²) in [5.74, 6) is 0.255. The maximum Gasteiger partial charge on any atom is 0.262 e. The Kier molecular flexibility index (Phi) is 4.08. The summed E-state index contributed by atoms with van der Waals surface area (Å²) in [6.07, 6.45) is 6.16. The van der Waals surface area contributed by atoms with Crippen LogP contribution in [0, 0.1) is 5.82 Å². The highest BCUT2D eigenvalue weighted by Gasteiger charge is 2.34. The van der Waals surface area contributed by atoms with Crippen LogP contribution >= 0.6 is 15.9 Å². The molecule has 1 aromatic carbocycles. The topological polar surface area (TPSA) is 64.9 Å². The van der Waals surface area contributed by atoms with Gasteiger partial charge in [0.15, 0.2) is 5.82 Å². The normalized spacial score (nSPS) is 18.4. The van der Waals surface area contributed by atoms with Crippen LogP contribution in [0.3, 0.4) is 0 Å². The molecule has 112 valence electrons. The second-order valence-corrected chi connectivity index (χ2v) is 6.44. The fourth-order valence-corrected chi connectivity index (χ4v) is 3.32. The van der Waals surface area contributed by atoms with E-state index in [1.54, 1.807) is 12.1 Å². The Morgan fingerprint density at radius 3 is 2.57 bits per heavy atom. The second kappa shape index (κ2) is 5.85. The molecule has 0 atom stereocenters. The molecular formula is C15H17BrFN3O. The van der Waals surface area contributed by atoms with Crippen LogP contribution in [0.25, 0.3) is 11.5 Å². The van der Waals surface area contributed by atoms with Crippen molar-refractivity contribution in [3.63, 3.8) is 0 Å². The summed E-state index contributed by atoms with van der Waals surface area (Å²) in [7, 11) is 0. The first-order valence-corrected chi connectivity index (χ1v) is 7.97. The van der Waals surface area contributed by atoms with Crippen LogP contribution in [-0.4, -0.2) is 10.1 Å². The van der Waals surface area contributed by atoms with Gasteiger partial charge in [0.05, 0.1) is 11.1 Å². The summed E-state index contributed by atoms with van der Waals surface area (Å²) < 4.78 is 19.8. The zero-order valence-electron chi connectivity index (χ0n) is 11.6. The minimum Gasteiger partial charge on any atom is -0.334 e. The van der Waals surface area contributed by atoms with Crippen molar-refractivity contribution in [1.82, 2.24) is 10.1 Å². The van der Waals surface area contributed by atoms with E-state index in [-0.39, 0.29) is 11.5 Å². The van der Waals surface area contributed by atoms with Crippen molar-refractivity contribution in [3.05, 3.63) is 34.3 Å². The maximum atomic E-state index is 14.0. The highest BCUT2D eigenvalue weighted by molar-refractivity contribution is 9.10. The highest BCUT2D eigenvalue weighted by Crippen LogP contribution is 2.35. The van der Waals surface area contributed by atoms with Crippen molar-refractivity contribution in [2.75, 3.05) is 0 Å². The first kappa shape index (κ1) is 14.7. The zero-order valence-corrected chi connectivity index (χ0v) is 13.2. The number of rotatable bonds is 2. The van der Waals surface area contributed by atoms with Gasteiger partial charge >= 0.3 is 0 Å². The standard InChI is InChI=1S/C15H17BrFN3O/c16-10-6-5-7-11(17)12(10)13-19-14(20-21-13)15(18)8-3-1-2-4-9-15/h5-7H,1-4,8-9,18H2. The Morgan fingerprint density at radius 2 is 1.90 bits per heavy atom. The molecule has 0 bridgehead atoms. The number of benzene rings is 1. The summed E-state index contributed by atoms with van der Waals surface area (Å²) in [4.78, 5) is 4.37. The molecule has 0 unspecified atom stereocenters. The molecule has 2 N–H and O–H groups in total. The van der Waals surface area contributed by atoms with Gasteiger partial charge in [-0.25, -0.2) is 4.39 Å². The van der Waals surface area contributed by atoms with Crippen LogP contribution in [-0.2, 0) is 5.54 Å². The lowest BCUT2D eigenvalue weighted by molar-refractivity contribution is 0.334. The van der Waals surface area contributed by atoms with Gasteiger partial charge < -0.3 is 10.3 Å². The average Bonchev–Trinajstić information content (AvgIpc) is 2.83. The smallest absolute Gasteiger partial charge is 0.262 e. The van der Waals surface area contributed by atoms with Crippen molar-refractivity contribution in [2.45, 2.75) is 44.1 Å². The molecule has 3 rings (SSSR count). The van der Waals surface area contributed by atoms with Crippen LogP contribution in [0.4, 0.5) is 4.39 Å². The summed E-state index contributed by atoms with van der Waals surface area (Å²) in [6, 6.07) is 4.73. The molecule has 0 saturated heterocycles. The zero-order chi connectivity index (χ0) is 14.9. The van der Waals surface area contributed by atoms with E-state index in [1.165, 1.54) is 18.9 Å². The molecule has 21 heavy (non-hydrogen) atoms. The molecule has 1 aliphatic rings. The number of aromatic nitrogens is 2. The Labute approximate surface area is 131 Å². The molecule has 0 spiro atoms. The van der Waals surface area contributed by atoms with Crippen molar-refractivity contribution in [1.29, 1.82) is 0 Å². The summed E-state index contributed by atoms with van der Waals surface area (Å²) in [5, 5.41) is 4.01. The molecule has 1 aromatic heterocycles. The minimum atomic E-state index is -0.560. The third-order valence-corrected chi connectivity index (χ3v) is 4.70. The lowest BCUT2D eigenvalue weighted by Gasteiger charge is -2.23. The number of nitrogens with zero attached hydrogens (tertiary/aromatic N) is 2. The Bertz CT molecular complexity index is 615. The third-order valence-electron chi connectivity index (χ3n) is 4.04. The lowest BCUT2D eigenvalue weighted by atomic mass is 9.91. The Morgan fingerprint density at radius 1 is 1.19 bits per heavy atom. The predicted octanol–water partition coefficient (Wildman–Crippen LogP) is 4.15. The van der Waals surface area contributed by atoms with Gasteiger partial charge in [-0.1, -0.05) is 36.9 Å². The molecule has 4 nitrogen and oxygen atoms in total. The predicted molar refractivity (Wildman–Crippen MR) is 81.0 cm³/mol. The van der Waals surface area contributed by atoms with Gasteiger partial charge in [-0.05, 0) is 40.9 Å². The van der Waals surface area contributed by atoms with E-state index in [0.717, 1.165) is 25.7 Å². The average molecular weight is 354 g/mol. The molecule has 0 radical (unpaired) electrons. The maximum absolute atomic E-state index is 14.0. The van der Waals surface area contributed by atoms with Gasteiger partial charge in [0.25, 0.3) is 5.89 Å². The van der Waals surface area contributed by atoms with E-state index in [9.17, 15) is 4.39 Å². The van der Waals surface area contributed by atoms with E-state index < -0.39 is 11.4 Å². The number of nitrogens with two attached hydrogens (primary N) is 1. The largest absolute Gasteiger partial charge is 0.334 e. The lowest BCUT2D eigenvalue weighted by Crippen LogP contribution is -2.37. The fourth-order valence-electron chi connectivity index (χ4n) is 2.81. The molecule has 1 saturated carbocycles. The first-order chi connectivity index (χ1) is 10.1. The van der Waals surface area contributed by atoms with Crippen LogP contribution in [0.2, 0.25) is 0 Å². The Balaban J connectivity index is 1.96. The van der Waals surface area contributed by atoms with Gasteiger partial charge in [-0.15, -0.1) is 0 Å². The number of hydrogen-bond donors (Lipinski definition) is 1. The number of halogens is 2. The quantitative estimate of drug-likeness (QED) is 0.823. The van der Waals surface area contributed by atoms with Gasteiger partial charge in [0, 0.05) is 4.47 Å². The summed E-state index contributed by atoms with van der Waals surface area (Å²) >= 11 is 3.32. The van der Waals surface area contributed by atoms with Gasteiger partial charge in [0.2, 0.25) is 0 Å². The summed E-state index contributed by atoms with van der Waals surface area (Å²) in [5.41, 5.74) is 6.18. The highest BCUT2D eigenvalue weighted by atomic mass is 79.9. The molecule has 0 amide bonds. The molecule has 6 heteroatoms. The van der Waals surface area contributed by atoms with E-state index in [4.69, 9.17) is 10.3 Å². The summed E-state index contributed by atoms with van der Waals surface area (Å²) in [6.45, 7) is 0. The molecule has 1 heterocycles. The van der Waals surface area contributed by atoms with Crippen LogP contribution in [0.15, 0.2) is 27.2 Å². The van der Waals surface area contributed by atoms with E-state index in [1.807, 2.05) is 0 Å². The van der Waals surface area contributed by atoms with Crippen molar-refractivity contribution < 1.29 is 8.91 Å². The van der Waals surface area contributed by atoms with Gasteiger partial charge in [-0.2, -0.15) is 4.98 Å². The van der Waals surface area contributed by atoms with Crippen molar-refractivity contribution >= 4 is 15.9 Å². The van der Waals surface area contributed by atoms with Gasteiger partial charge in [-0.3, -0.25) is 0 Å². The minimum absolute atomic E-state index is 0.170. The number of hydrogen-bond acceptors (Lipinski definition) is 4. The monoisotopic (exact) mass is 353 g/mol. The third kappa shape index (κ3) is 2.87. The van der Waals surface area contributed by atoms with E-state index in [0.29, 0.717) is 10.3 Å². The first-order valence-electron chi connectivity index (χ1n) is 7.18. The molecule has 1 fully saturated rings. The molecule has 2 aromatic rings. The van der Waals surface area contributed by atoms with E-state index in [2.05, 4.69) is 26.1 Å². The van der Waals surface area contributed by atoms with Gasteiger partial charge in [0.1, 0.15) is 5.82 Å². The molecular weight excluding hydrogens is 337 g/mol. The fraction of sp³-hybridized carbons (Fsp3) is 0.467. The Hall–Kier alpha value is -1.27. The second-order valence-electron chi connectivity index (χ2n) is 5.59. The van der Waals surface area contributed by atoms with Crippen molar-refractivity contribution in [2.24, 2.45) is 5.73 Å². The molecule has 0 aliphatic heterocycles. The molecule has 1 aliphatic carbocycles. The van der Waals surface area contributed by atoms with Crippen LogP contribution < -0.4 is 5.73 Å². The van der Waals surface area contributed by atoms with Crippen LogP contribution in [0.1, 0.15) is 44.3 Å².